The number of carbonyl (C=O) groups is 1. The summed E-state index contributed by atoms with van der Waals surface area (Å²) >= 11 is 0. The van der Waals surface area contributed by atoms with E-state index in [0.29, 0.717) is 16.3 Å². The molecule has 2 fully saturated rings. The largest absolute Gasteiger partial charge is 0.516 e. The molecule has 0 radical (unpaired) electrons. The molecule has 0 aromatic rings. The summed E-state index contributed by atoms with van der Waals surface area (Å²) in [5.41, 5.74) is 5.96. The van der Waals surface area contributed by atoms with Gasteiger partial charge in [-0.1, -0.05) is 26.2 Å². The van der Waals surface area contributed by atoms with Gasteiger partial charge in [0.15, 0.2) is 0 Å². The number of nitrogens with two attached hydrogens (primary N) is 1. The zero-order chi connectivity index (χ0) is 17.1. The van der Waals surface area contributed by atoms with Crippen LogP contribution in [0.3, 0.4) is 0 Å². The second-order valence-electron chi connectivity index (χ2n) is 8.97. The molecule has 23 heavy (non-hydrogen) atoms. The van der Waals surface area contributed by atoms with Crippen LogP contribution in [0, 0.1) is 11.8 Å². The van der Waals surface area contributed by atoms with Crippen molar-refractivity contribution in [2.75, 3.05) is 19.6 Å². The molecule has 2 N–H and O–H groups in total. The first-order valence-electron chi connectivity index (χ1n) is 9.59. The van der Waals surface area contributed by atoms with Crippen LogP contribution in [0.15, 0.2) is 0 Å². The minimum absolute atomic E-state index is 0.0407. The Kier molecular flexibility index (Phi) is 6.12. The molecule has 1 heterocycles. The predicted molar refractivity (Wildman–Crippen MR) is 94.0 cm³/mol. The van der Waals surface area contributed by atoms with Gasteiger partial charge in [0.1, 0.15) is 12.1 Å². The van der Waals surface area contributed by atoms with Crippen molar-refractivity contribution in [1.82, 2.24) is 0 Å². The summed E-state index contributed by atoms with van der Waals surface area (Å²) in [7, 11) is 0. The maximum atomic E-state index is 13.1. The van der Waals surface area contributed by atoms with Crippen LogP contribution in [0.4, 0.5) is 4.79 Å². The fourth-order valence-corrected chi connectivity index (χ4v) is 4.20. The average molecular weight is 326 g/mol. The number of ether oxygens (including phenoxy) is 1. The first-order chi connectivity index (χ1) is 10.7. The summed E-state index contributed by atoms with van der Waals surface area (Å²) in [6.45, 7) is 10.7. The Hall–Kier alpha value is -0.610. The van der Waals surface area contributed by atoms with Gasteiger partial charge in [-0.05, 0) is 46.5 Å². The number of hydrogen-bond acceptors (Lipinski definition) is 3. The van der Waals surface area contributed by atoms with E-state index in [1.54, 1.807) is 0 Å². The van der Waals surface area contributed by atoms with Crippen LogP contribution in [0.1, 0.15) is 72.6 Å². The molecule has 4 nitrogen and oxygen atoms in total. The van der Waals surface area contributed by atoms with Gasteiger partial charge in [-0.3, -0.25) is 0 Å². The minimum atomic E-state index is -0.428. The van der Waals surface area contributed by atoms with Crippen molar-refractivity contribution < 1.29 is 14.0 Å². The number of quaternary nitrogens is 1. The normalized spacial score (nSPS) is 32.4. The number of nitrogens with zero attached hydrogens (tertiary/aromatic N) is 1. The van der Waals surface area contributed by atoms with Crippen LogP contribution in [-0.4, -0.2) is 41.9 Å². The third kappa shape index (κ3) is 5.18. The van der Waals surface area contributed by atoms with Crippen LogP contribution >= 0.6 is 0 Å². The number of unbranched alkanes of at least 4 members (excludes halogenated alkanes) is 1. The Morgan fingerprint density at radius 3 is 2.43 bits per heavy atom. The highest BCUT2D eigenvalue weighted by atomic mass is 16.6. The van der Waals surface area contributed by atoms with E-state index >= 15 is 0 Å². The molecule has 1 aliphatic carbocycles. The van der Waals surface area contributed by atoms with Crippen molar-refractivity contribution in [3.05, 3.63) is 0 Å². The standard InChI is InChI=1S/C19H37N2O2/c1-5-6-8-16-11-17(20)14-21(13-16,12-15-9-7-10-15)18(22)23-19(2,3)4/h15-17H,5-14,20H2,1-4H3/q+1. The van der Waals surface area contributed by atoms with Gasteiger partial charge in [-0.25, -0.2) is 4.48 Å². The smallest absolute Gasteiger partial charge is 0.414 e. The molecule has 0 spiro atoms. The van der Waals surface area contributed by atoms with E-state index in [9.17, 15) is 4.79 Å². The van der Waals surface area contributed by atoms with E-state index in [2.05, 4.69) is 6.92 Å². The Morgan fingerprint density at radius 2 is 1.91 bits per heavy atom. The molecule has 4 heteroatoms. The predicted octanol–water partition coefficient (Wildman–Crippen LogP) is 4.08. The van der Waals surface area contributed by atoms with E-state index in [1.807, 2.05) is 20.8 Å². The lowest BCUT2D eigenvalue weighted by Crippen LogP contribution is -2.66. The first-order valence-corrected chi connectivity index (χ1v) is 9.59. The van der Waals surface area contributed by atoms with Crippen molar-refractivity contribution in [1.29, 1.82) is 0 Å². The molecule has 134 valence electrons. The summed E-state index contributed by atoms with van der Waals surface area (Å²) in [6.07, 6.45) is 8.49. The second kappa shape index (κ2) is 7.52. The van der Waals surface area contributed by atoms with Gasteiger partial charge in [0.2, 0.25) is 0 Å². The second-order valence-corrected chi connectivity index (χ2v) is 8.97. The fraction of sp³-hybridized carbons (Fsp3) is 0.947. The molecule has 1 saturated carbocycles. The Morgan fingerprint density at radius 1 is 1.22 bits per heavy atom. The number of rotatable bonds is 5. The van der Waals surface area contributed by atoms with Gasteiger partial charge in [0.25, 0.3) is 0 Å². The van der Waals surface area contributed by atoms with Gasteiger partial charge >= 0.3 is 6.09 Å². The molecular weight excluding hydrogens is 288 g/mol. The molecule has 1 saturated heterocycles. The van der Waals surface area contributed by atoms with Gasteiger partial charge in [-0.2, -0.15) is 4.79 Å². The maximum Gasteiger partial charge on any atom is 0.516 e. The van der Waals surface area contributed by atoms with Crippen LogP contribution in [-0.2, 0) is 4.74 Å². The van der Waals surface area contributed by atoms with Crippen molar-refractivity contribution in [2.24, 2.45) is 17.6 Å². The molecule has 1 amide bonds. The highest BCUT2D eigenvalue weighted by Gasteiger charge is 2.49. The molecule has 0 aromatic carbocycles. The Balaban J connectivity index is 2.15. The highest BCUT2D eigenvalue weighted by molar-refractivity contribution is 5.60. The quantitative estimate of drug-likeness (QED) is 0.775. The monoisotopic (exact) mass is 325 g/mol. The lowest BCUT2D eigenvalue weighted by atomic mass is 9.82. The third-order valence-electron chi connectivity index (χ3n) is 5.41. The fourth-order valence-electron chi connectivity index (χ4n) is 4.20. The van der Waals surface area contributed by atoms with Crippen LogP contribution in [0.5, 0.6) is 0 Å². The average Bonchev–Trinajstić information content (AvgIpc) is 2.38. The Labute approximate surface area is 142 Å². The van der Waals surface area contributed by atoms with Crippen LogP contribution in [0.2, 0.25) is 0 Å². The van der Waals surface area contributed by atoms with E-state index in [0.717, 1.165) is 26.1 Å². The lowest BCUT2D eigenvalue weighted by molar-refractivity contribution is -0.872. The van der Waals surface area contributed by atoms with Crippen molar-refractivity contribution >= 4 is 6.09 Å². The molecule has 0 aromatic heterocycles. The first kappa shape index (κ1) is 18.7. The molecule has 1 aliphatic heterocycles. The lowest BCUT2D eigenvalue weighted by Gasteiger charge is -2.46. The Bertz CT molecular complexity index is 401. The molecule has 0 bridgehead atoms. The van der Waals surface area contributed by atoms with Crippen LogP contribution in [0.25, 0.3) is 0 Å². The van der Waals surface area contributed by atoms with Crippen molar-refractivity contribution in [3.8, 4) is 0 Å². The summed E-state index contributed by atoms with van der Waals surface area (Å²) in [4.78, 5) is 13.1. The van der Waals surface area contributed by atoms with E-state index < -0.39 is 5.60 Å². The molecule has 2 rings (SSSR count). The summed E-state index contributed by atoms with van der Waals surface area (Å²) in [5.74, 6) is 1.24. The molecule has 3 atom stereocenters. The van der Waals surface area contributed by atoms with Crippen molar-refractivity contribution in [3.63, 3.8) is 0 Å². The number of carbonyl (C=O) groups excluding carboxylic acids is 1. The van der Waals surface area contributed by atoms with E-state index in [1.165, 1.54) is 38.5 Å². The number of likely N-dealkylation sites (tertiary alicyclic amines) is 1. The molecular formula is C19H37N2O2+. The topological polar surface area (TPSA) is 52.3 Å². The maximum absolute atomic E-state index is 13.1. The molecule has 2 aliphatic rings. The zero-order valence-electron chi connectivity index (χ0n) is 15.6. The summed E-state index contributed by atoms with van der Waals surface area (Å²) in [6, 6.07) is 0.123. The summed E-state index contributed by atoms with van der Waals surface area (Å²) < 4.78 is 6.30. The van der Waals surface area contributed by atoms with Gasteiger partial charge < -0.3 is 10.5 Å². The van der Waals surface area contributed by atoms with Gasteiger partial charge in [0.05, 0.1) is 19.1 Å². The number of amides is 1. The third-order valence-corrected chi connectivity index (χ3v) is 5.41. The van der Waals surface area contributed by atoms with Crippen molar-refractivity contribution in [2.45, 2.75) is 84.3 Å². The van der Waals surface area contributed by atoms with E-state index in [4.69, 9.17) is 10.5 Å². The molecule has 3 unspecified atom stereocenters. The van der Waals surface area contributed by atoms with Crippen LogP contribution < -0.4 is 5.73 Å². The van der Waals surface area contributed by atoms with Gasteiger partial charge in [0, 0.05) is 11.8 Å². The van der Waals surface area contributed by atoms with E-state index in [-0.39, 0.29) is 12.1 Å². The minimum Gasteiger partial charge on any atom is -0.414 e. The number of piperidine rings is 1. The number of hydrogen-bond donors (Lipinski definition) is 1. The highest BCUT2D eigenvalue weighted by Crippen LogP contribution is 2.35. The summed E-state index contributed by atoms with van der Waals surface area (Å²) in [5, 5.41) is 0. The van der Waals surface area contributed by atoms with Gasteiger partial charge in [-0.15, -0.1) is 0 Å². The zero-order valence-corrected chi connectivity index (χ0v) is 15.6. The SMILES string of the molecule is CCCCC1CC(N)C[N+](CC2CCC2)(C(=O)OC(C)(C)C)C1.